The Bertz CT molecular complexity index is 410. The van der Waals surface area contributed by atoms with Crippen LogP contribution in [0.2, 0.25) is 0 Å². The SMILES string of the molecule is CS(=O)(=O)N(CC(=O)NC1CCCC1)C1CCCC1. The summed E-state index contributed by atoms with van der Waals surface area (Å²) in [5.74, 6) is -0.149. The van der Waals surface area contributed by atoms with Gasteiger partial charge in [-0.25, -0.2) is 8.42 Å². The molecule has 0 saturated heterocycles. The molecule has 0 aromatic heterocycles. The van der Waals surface area contributed by atoms with Gasteiger partial charge in [-0.15, -0.1) is 0 Å². The summed E-state index contributed by atoms with van der Waals surface area (Å²) in [7, 11) is -3.30. The van der Waals surface area contributed by atoms with Gasteiger partial charge in [0.15, 0.2) is 0 Å². The van der Waals surface area contributed by atoms with Gasteiger partial charge in [-0.05, 0) is 25.7 Å². The third-order valence-corrected chi connectivity index (χ3v) is 5.46. The summed E-state index contributed by atoms with van der Waals surface area (Å²) >= 11 is 0. The molecule has 0 atom stereocenters. The minimum atomic E-state index is -3.30. The number of sulfonamides is 1. The lowest BCUT2D eigenvalue weighted by atomic mass is 10.2. The maximum Gasteiger partial charge on any atom is 0.235 e. The minimum absolute atomic E-state index is 0.0139. The molecule has 110 valence electrons. The highest BCUT2D eigenvalue weighted by atomic mass is 32.2. The Morgan fingerprint density at radius 3 is 2.16 bits per heavy atom. The Labute approximate surface area is 115 Å². The molecule has 1 N–H and O–H groups in total. The number of carbonyl (C=O) groups excluding carboxylic acids is 1. The topological polar surface area (TPSA) is 66.5 Å². The second-order valence-electron chi connectivity index (χ2n) is 5.80. The van der Waals surface area contributed by atoms with Crippen LogP contribution >= 0.6 is 0 Å². The van der Waals surface area contributed by atoms with Crippen molar-refractivity contribution in [3.63, 3.8) is 0 Å². The van der Waals surface area contributed by atoms with E-state index in [0.29, 0.717) is 0 Å². The van der Waals surface area contributed by atoms with Gasteiger partial charge in [0, 0.05) is 12.1 Å². The number of amides is 1. The van der Waals surface area contributed by atoms with Gasteiger partial charge < -0.3 is 5.32 Å². The van der Waals surface area contributed by atoms with E-state index in [1.807, 2.05) is 0 Å². The molecule has 6 heteroatoms. The van der Waals surface area contributed by atoms with Crippen LogP contribution in [-0.2, 0) is 14.8 Å². The Morgan fingerprint density at radius 1 is 1.11 bits per heavy atom. The van der Waals surface area contributed by atoms with Crippen molar-refractivity contribution < 1.29 is 13.2 Å². The molecule has 2 saturated carbocycles. The number of rotatable bonds is 5. The van der Waals surface area contributed by atoms with Crippen LogP contribution in [0.1, 0.15) is 51.4 Å². The summed E-state index contributed by atoms with van der Waals surface area (Å²) in [5, 5.41) is 2.96. The third kappa shape index (κ3) is 4.18. The van der Waals surface area contributed by atoms with E-state index in [2.05, 4.69) is 5.32 Å². The second-order valence-corrected chi connectivity index (χ2v) is 7.73. The van der Waals surface area contributed by atoms with Crippen LogP contribution in [0.15, 0.2) is 0 Å². The van der Waals surface area contributed by atoms with Crippen LogP contribution in [0, 0.1) is 0 Å². The highest BCUT2D eigenvalue weighted by Crippen LogP contribution is 2.25. The van der Waals surface area contributed by atoms with Crippen molar-refractivity contribution in [1.29, 1.82) is 0 Å². The van der Waals surface area contributed by atoms with Gasteiger partial charge in [-0.3, -0.25) is 4.79 Å². The summed E-state index contributed by atoms with van der Waals surface area (Å²) in [6.45, 7) is -0.0139. The molecule has 2 aliphatic carbocycles. The number of nitrogens with zero attached hydrogens (tertiary/aromatic N) is 1. The summed E-state index contributed by atoms with van der Waals surface area (Å²) < 4.78 is 25.1. The molecule has 2 fully saturated rings. The van der Waals surface area contributed by atoms with E-state index >= 15 is 0 Å². The second kappa shape index (κ2) is 6.22. The largest absolute Gasteiger partial charge is 0.352 e. The minimum Gasteiger partial charge on any atom is -0.352 e. The molecule has 0 unspecified atom stereocenters. The molecule has 0 radical (unpaired) electrons. The fourth-order valence-corrected chi connectivity index (χ4v) is 4.30. The van der Waals surface area contributed by atoms with Crippen LogP contribution in [0.4, 0.5) is 0 Å². The molecule has 0 aromatic rings. The summed E-state index contributed by atoms with van der Waals surface area (Å²) in [6, 6.07) is 0.266. The van der Waals surface area contributed by atoms with Crippen LogP contribution in [0.5, 0.6) is 0 Å². The van der Waals surface area contributed by atoms with E-state index < -0.39 is 10.0 Å². The lowest BCUT2D eigenvalue weighted by Crippen LogP contribution is -2.46. The smallest absolute Gasteiger partial charge is 0.235 e. The van der Waals surface area contributed by atoms with Crippen molar-refractivity contribution in [2.75, 3.05) is 12.8 Å². The van der Waals surface area contributed by atoms with Crippen molar-refractivity contribution in [2.24, 2.45) is 0 Å². The highest BCUT2D eigenvalue weighted by molar-refractivity contribution is 7.88. The average Bonchev–Trinajstić information content (AvgIpc) is 2.96. The van der Waals surface area contributed by atoms with E-state index in [0.717, 1.165) is 51.4 Å². The zero-order valence-corrected chi connectivity index (χ0v) is 12.4. The molecule has 0 spiro atoms. The van der Waals surface area contributed by atoms with Gasteiger partial charge in [0.05, 0.1) is 12.8 Å². The van der Waals surface area contributed by atoms with Gasteiger partial charge >= 0.3 is 0 Å². The Balaban J connectivity index is 1.93. The molecule has 0 aliphatic heterocycles. The number of carbonyl (C=O) groups is 1. The molecular formula is C13H24N2O3S. The van der Waals surface area contributed by atoms with Gasteiger partial charge in [0.25, 0.3) is 0 Å². The van der Waals surface area contributed by atoms with E-state index in [-0.39, 0.29) is 24.5 Å². The fourth-order valence-electron chi connectivity index (χ4n) is 3.19. The first-order valence-corrected chi connectivity index (χ1v) is 9.08. The van der Waals surface area contributed by atoms with Crippen LogP contribution in [0.3, 0.4) is 0 Å². The van der Waals surface area contributed by atoms with Gasteiger partial charge in [-0.1, -0.05) is 25.7 Å². The van der Waals surface area contributed by atoms with E-state index in [9.17, 15) is 13.2 Å². The molecule has 1 amide bonds. The summed E-state index contributed by atoms with van der Waals surface area (Å²) in [5.41, 5.74) is 0. The molecular weight excluding hydrogens is 264 g/mol. The summed E-state index contributed by atoms with van der Waals surface area (Å²) in [6.07, 6.45) is 9.43. The first-order chi connectivity index (χ1) is 8.97. The molecule has 0 aromatic carbocycles. The average molecular weight is 288 g/mol. The third-order valence-electron chi connectivity index (χ3n) is 4.18. The molecule has 5 nitrogen and oxygen atoms in total. The predicted molar refractivity (Wildman–Crippen MR) is 74.2 cm³/mol. The fraction of sp³-hybridized carbons (Fsp3) is 0.923. The zero-order valence-electron chi connectivity index (χ0n) is 11.6. The van der Waals surface area contributed by atoms with E-state index in [4.69, 9.17) is 0 Å². The van der Waals surface area contributed by atoms with Crippen molar-refractivity contribution in [3.05, 3.63) is 0 Å². The molecule has 0 bridgehead atoms. The highest BCUT2D eigenvalue weighted by Gasteiger charge is 2.31. The monoisotopic (exact) mass is 288 g/mol. The van der Waals surface area contributed by atoms with Crippen molar-refractivity contribution in [3.8, 4) is 0 Å². The molecule has 2 aliphatic rings. The quantitative estimate of drug-likeness (QED) is 0.828. The van der Waals surface area contributed by atoms with E-state index in [1.54, 1.807) is 0 Å². The summed E-state index contributed by atoms with van der Waals surface area (Å²) in [4.78, 5) is 12.0. The van der Waals surface area contributed by atoms with Crippen molar-refractivity contribution in [1.82, 2.24) is 9.62 Å². The standard InChI is InChI=1S/C13H24N2O3S/c1-19(17,18)15(12-8-4-5-9-12)10-13(16)14-11-6-2-3-7-11/h11-12H,2-10H2,1H3,(H,14,16). The lowest BCUT2D eigenvalue weighted by molar-refractivity contribution is -0.122. The predicted octanol–water partition coefficient (Wildman–Crippen LogP) is 1.25. The normalized spacial score (nSPS) is 22.2. The van der Waals surface area contributed by atoms with Crippen LogP contribution in [-0.4, -0.2) is 43.5 Å². The lowest BCUT2D eigenvalue weighted by Gasteiger charge is -2.26. The maximum absolute atomic E-state index is 12.0. The van der Waals surface area contributed by atoms with E-state index in [1.165, 1.54) is 10.6 Å². The Kier molecular flexibility index (Phi) is 4.84. The number of nitrogens with one attached hydrogen (secondary N) is 1. The number of hydrogen-bond acceptors (Lipinski definition) is 3. The van der Waals surface area contributed by atoms with Crippen molar-refractivity contribution in [2.45, 2.75) is 63.5 Å². The first kappa shape index (κ1) is 14.8. The van der Waals surface area contributed by atoms with Gasteiger partial charge in [0.2, 0.25) is 15.9 Å². The van der Waals surface area contributed by atoms with Crippen LogP contribution < -0.4 is 5.32 Å². The Hall–Kier alpha value is -0.620. The molecule has 0 heterocycles. The number of hydrogen-bond donors (Lipinski definition) is 1. The van der Waals surface area contributed by atoms with Gasteiger partial charge in [-0.2, -0.15) is 4.31 Å². The molecule has 2 rings (SSSR count). The van der Waals surface area contributed by atoms with Crippen molar-refractivity contribution >= 4 is 15.9 Å². The Morgan fingerprint density at radius 2 is 1.63 bits per heavy atom. The first-order valence-electron chi connectivity index (χ1n) is 7.23. The molecule has 19 heavy (non-hydrogen) atoms. The van der Waals surface area contributed by atoms with Crippen LogP contribution in [0.25, 0.3) is 0 Å². The maximum atomic E-state index is 12.0. The van der Waals surface area contributed by atoms with Gasteiger partial charge in [0.1, 0.15) is 0 Å². The zero-order chi connectivity index (χ0) is 13.9.